The molecule has 0 spiro atoms. The van der Waals surface area contributed by atoms with Gasteiger partial charge in [0.25, 0.3) is 5.91 Å². The fourth-order valence-electron chi connectivity index (χ4n) is 3.05. The van der Waals surface area contributed by atoms with Gasteiger partial charge < -0.3 is 0 Å². The molecule has 6 nitrogen and oxygen atoms in total. The normalized spacial score (nSPS) is 10.8. The van der Waals surface area contributed by atoms with Gasteiger partial charge in [-0.15, -0.1) is 11.3 Å². The number of amides is 1. The number of anilines is 1. The molecule has 0 unspecified atom stereocenters. The van der Waals surface area contributed by atoms with Gasteiger partial charge in [-0.3, -0.25) is 14.9 Å². The summed E-state index contributed by atoms with van der Waals surface area (Å²) in [4.78, 5) is 30.5. The maximum absolute atomic E-state index is 14.2. The topological polar surface area (TPSA) is 76.9 Å². The number of aryl methyl sites for hydroxylation is 2. The lowest BCUT2D eigenvalue weighted by atomic mass is 10.1. The van der Waals surface area contributed by atoms with Crippen LogP contribution in [0.4, 0.5) is 9.52 Å². The van der Waals surface area contributed by atoms with Crippen molar-refractivity contribution in [2.75, 3.05) is 5.32 Å². The molecule has 1 amide bonds. The quantitative estimate of drug-likeness (QED) is 0.470. The van der Waals surface area contributed by atoms with Gasteiger partial charge in [-0.05, 0) is 38.1 Å². The highest BCUT2D eigenvalue weighted by molar-refractivity contribution is 7.16. The van der Waals surface area contributed by atoms with Crippen molar-refractivity contribution in [3.63, 3.8) is 0 Å². The molecule has 0 aliphatic carbocycles. The first-order valence-corrected chi connectivity index (χ1v) is 10.4. The van der Waals surface area contributed by atoms with Crippen molar-refractivity contribution < 1.29 is 9.18 Å². The van der Waals surface area contributed by atoms with Crippen molar-refractivity contribution in [1.82, 2.24) is 14.8 Å². The van der Waals surface area contributed by atoms with E-state index in [1.807, 2.05) is 19.1 Å². The van der Waals surface area contributed by atoms with E-state index in [1.54, 1.807) is 31.2 Å². The Labute approximate surface area is 186 Å². The van der Waals surface area contributed by atoms with Crippen LogP contribution in [0.1, 0.15) is 21.1 Å². The molecule has 0 atom stereocenters. The van der Waals surface area contributed by atoms with Crippen molar-refractivity contribution in [3.8, 4) is 16.9 Å². The highest BCUT2D eigenvalue weighted by atomic mass is 35.5. The number of nitrogens with one attached hydrogen (secondary N) is 1. The molecule has 0 saturated carbocycles. The van der Waals surface area contributed by atoms with Gasteiger partial charge in [0.15, 0.2) is 10.8 Å². The molecule has 0 radical (unpaired) electrons. The van der Waals surface area contributed by atoms with Crippen molar-refractivity contribution in [2.24, 2.45) is 0 Å². The molecular formula is C22H16ClFN4O2S. The van der Waals surface area contributed by atoms with Crippen LogP contribution in [0.15, 0.2) is 59.4 Å². The van der Waals surface area contributed by atoms with E-state index in [0.717, 1.165) is 10.4 Å². The van der Waals surface area contributed by atoms with E-state index < -0.39 is 17.2 Å². The average molecular weight is 455 g/mol. The summed E-state index contributed by atoms with van der Waals surface area (Å²) in [6, 6.07) is 14.4. The second-order valence-corrected chi connectivity index (χ2v) is 8.39. The number of carbonyl (C=O) groups excluding carboxylic acids is 1. The second-order valence-electron chi connectivity index (χ2n) is 6.75. The standard InChI is InChI=1S/C22H16ClFN4O2S/c1-12-11-18(29)20(27-28(12)17-6-4-3-5-16(17)24)21(30)26-22-25-19(13(2)31-22)14-7-9-15(23)10-8-14/h3-11H,1-2H3,(H,25,26,30). The predicted octanol–water partition coefficient (Wildman–Crippen LogP) is 5.02. The molecule has 2 heterocycles. The second kappa shape index (κ2) is 8.41. The van der Waals surface area contributed by atoms with Gasteiger partial charge in [0.1, 0.15) is 11.5 Å². The van der Waals surface area contributed by atoms with E-state index in [-0.39, 0.29) is 11.4 Å². The van der Waals surface area contributed by atoms with Crippen LogP contribution >= 0.6 is 22.9 Å². The number of carbonyl (C=O) groups is 1. The fraction of sp³-hybridized carbons (Fsp3) is 0.0909. The first kappa shape index (κ1) is 20.9. The van der Waals surface area contributed by atoms with E-state index in [4.69, 9.17) is 11.6 Å². The smallest absolute Gasteiger partial charge is 0.281 e. The van der Waals surface area contributed by atoms with Gasteiger partial charge in [0, 0.05) is 27.2 Å². The molecule has 2 aromatic heterocycles. The van der Waals surface area contributed by atoms with Crippen LogP contribution in [0.3, 0.4) is 0 Å². The molecule has 0 fully saturated rings. The minimum absolute atomic E-state index is 0.143. The minimum atomic E-state index is -0.716. The summed E-state index contributed by atoms with van der Waals surface area (Å²) in [7, 11) is 0. The van der Waals surface area contributed by atoms with Gasteiger partial charge in [0.2, 0.25) is 5.43 Å². The minimum Gasteiger partial charge on any atom is -0.296 e. The number of benzene rings is 2. The number of para-hydroxylation sites is 1. The third-order valence-corrected chi connectivity index (χ3v) is 5.68. The van der Waals surface area contributed by atoms with E-state index in [0.29, 0.717) is 21.5 Å². The Kier molecular flexibility index (Phi) is 5.67. The third kappa shape index (κ3) is 4.26. The summed E-state index contributed by atoms with van der Waals surface area (Å²) in [5.41, 5.74) is 1.20. The Bertz CT molecular complexity index is 1350. The van der Waals surface area contributed by atoms with Gasteiger partial charge >= 0.3 is 0 Å². The van der Waals surface area contributed by atoms with Crippen LogP contribution in [0.5, 0.6) is 0 Å². The van der Waals surface area contributed by atoms with Gasteiger partial charge in [0.05, 0.1) is 5.69 Å². The summed E-state index contributed by atoms with van der Waals surface area (Å²) < 4.78 is 15.4. The van der Waals surface area contributed by atoms with E-state index in [2.05, 4.69) is 15.4 Å². The molecule has 0 saturated heterocycles. The zero-order valence-electron chi connectivity index (χ0n) is 16.5. The molecule has 31 heavy (non-hydrogen) atoms. The lowest BCUT2D eigenvalue weighted by Gasteiger charge is -2.11. The maximum Gasteiger partial charge on any atom is 0.281 e. The highest BCUT2D eigenvalue weighted by Crippen LogP contribution is 2.31. The Balaban J connectivity index is 1.66. The summed E-state index contributed by atoms with van der Waals surface area (Å²) in [5.74, 6) is -1.23. The number of rotatable bonds is 4. The van der Waals surface area contributed by atoms with Crippen molar-refractivity contribution in [3.05, 3.63) is 91.9 Å². The van der Waals surface area contributed by atoms with Crippen molar-refractivity contribution >= 4 is 34.0 Å². The first-order chi connectivity index (χ1) is 14.8. The summed E-state index contributed by atoms with van der Waals surface area (Å²) in [6.07, 6.45) is 0. The van der Waals surface area contributed by atoms with Crippen molar-refractivity contribution in [1.29, 1.82) is 0 Å². The van der Waals surface area contributed by atoms with Crippen LogP contribution < -0.4 is 10.7 Å². The summed E-state index contributed by atoms with van der Waals surface area (Å²) >= 11 is 7.21. The molecular weight excluding hydrogens is 439 g/mol. The summed E-state index contributed by atoms with van der Waals surface area (Å²) in [6.45, 7) is 3.50. The maximum atomic E-state index is 14.2. The van der Waals surface area contributed by atoms with Crippen molar-refractivity contribution in [2.45, 2.75) is 13.8 Å². The van der Waals surface area contributed by atoms with Crippen LogP contribution in [0.25, 0.3) is 16.9 Å². The van der Waals surface area contributed by atoms with Crippen LogP contribution in [0.2, 0.25) is 5.02 Å². The molecule has 0 bridgehead atoms. The molecule has 0 aliphatic heterocycles. The summed E-state index contributed by atoms with van der Waals surface area (Å²) in [5, 5.41) is 7.68. The van der Waals surface area contributed by atoms with Gasteiger partial charge in [-0.25, -0.2) is 14.1 Å². The zero-order valence-corrected chi connectivity index (χ0v) is 18.1. The average Bonchev–Trinajstić information content (AvgIpc) is 3.09. The van der Waals surface area contributed by atoms with Crippen LogP contribution in [-0.4, -0.2) is 20.7 Å². The van der Waals surface area contributed by atoms with Gasteiger partial charge in [-0.2, -0.15) is 5.10 Å². The Morgan fingerprint density at radius 1 is 1.13 bits per heavy atom. The van der Waals surface area contributed by atoms with E-state index in [1.165, 1.54) is 34.2 Å². The highest BCUT2D eigenvalue weighted by Gasteiger charge is 2.19. The molecule has 156 valence electrons. The lowest BCUT2D eigenvalue weighted by Crippen LogP contribution is -2.27. The Morgan fingerprint density at radius 2 is 1.84 bits per heavy atom. The Hall–Kier alpha value is -3.36. The number of thiazole rings is 1. The number of nitrogens with zero attached hydrogens (tertiary/aromatic N) is 3. The monoisotopic (exact) mass is 454 g/mol. The SMILES string of the molecule is Cc1sc(NC(=O)c2nn(-c3ccccc3F)c(C)cc2=O)nc1-c1ccc(Cl)cc1. The van der Waals surface area contributed by atoms with Crippen LogP contribution in [-0.2, 0) is 0 Å². The molecule has 4 aromatic rings. The fourth-order valence-corrected chi connectivity index (χ4v) is 4.01. The molecule has 9 heteroatoms. The van der Waals surface area contributed by atoms with Gasteiger partial charge in [-0.1, -0.05) is 35.9 Å². The predicted molar refractivity (Wildman–Crippen MR) is 120 cm³/mol. The molecule has 2 aromatic carbocycles. The van der Waals surface area contributed by atoms with E-state index >= 15 is 0 Å². The third-order valence-electron chi connectivity index (χ3n) is 4.54. The Morgan fingerprint density at radius 3 is 2.55 bits per heavy atom. The first-order valence-electron chi connectivity index (χ1n) is 9.24. The molecule has 4 rings (SSSR count). The number of aromatic nitrogens is 3. The zero-order chi connectivity index (χ0) is 22.1. The largest absolute Gasteiger partial charge is 0.296 e. The van der Waals surface area contributed by atoms with Crippen LogP contribution in [0, 0.1) is 19.7 Å². The lowest BCUT2D eigenvalue weighted by molar-refractivity contribution is 0.101. The molecule has 1 N–H and O–H groups in total. The van der Waals surface area contributed by atoms with E-state index in [9.17, 15) is 14.0 Å². The molecule has 0 aliphatic rings. The number of hydrogen-bond donors (Lipinski definition) is 1. The number of hydrogen-bond acceptors (Lipinski definition) is 5. The number of halogens is 2.